The molecule has 4 amide bonds. The number of likely N-dealkylation sites (N-methyl/N-ethyl adjacent to an activating group) is 1. The average molecular weight is 687 g/mol. The van der Waals surface area contributed by atoms with E-state index < -0.39 is 29.8 Å². The van der Waals surface area contributed by atoms with Gasteiger partial charge >= 0.3 is 12.1 Å². The number of H-pyrrole nitrogens is 1. The van der Waals surface area contributed by atoms with Crippen molar-refractivity contribution in [2.45, 2.75) is 75.8 Å². The van der Waals surface area contributed by atoms with Gasteiger partial charge in [0.25, 0.3) is 0 Å². The Labute approximate surface area is 281 Å². The van der Waals surface area contributed by atoms with Crippen molar-refractivity contribution in [1.29, 1.82) is 0 Å². The number of nitrogens with two attached hydrogens (primary N) is 1. The Morgan fingerprint density at radius 2 is 1.71 bits per heavy atom. The summed E-state index contributed by atoms with van der Waals surface area (Å²) in [5, 5.41) is 13.7. The van der Waals surface area contributed by atoms with Crippen molar-refractivity contribution in [3.05, 3.63) is 71.4 Å². The van der Waals surface area contributed by atoms with Crippen LogP contribution in [0.4, 0.5) is 13.2 Å². The number of carbonyl (C=O) groups is 5. The van der Waals surface area contributed by atoms with E-state index in [0.717, 1.165) is 34.1 Å². The molecule has 1 aromatic heterocycles. The molecule has 1 fully saturated rings. The minimum Gasteiger partial charge on any atom is -0.475 e. The normalized spacial score (nSPS) is 18.4. The van der Waals surface area contributed by atoms with Crippen molar-refractivity contribution < 1.29 is 42.3 Å². The third-order valence-corrected chi connectivity index (χ3v) is 8.95. The number of carbonyl (C=O) groups excluding carboxylic acids is 4. The lowest BCUT2D eigenvalue weighted by Gasteiger charge is -2.45. The number of para-hydroxylation sites is 1. The van der Waals surface area contributed by atoms with Crippen molar-refractivity contribution in [2.24, 2.45) is 5.73 Å². The zero-order valence-corrected chi connectivity index (χ0v) is 27.3. The molecule has 1 saturated heterocycles. The molecule has 0 radical (unpaired) electrons. The zero-order valence-electron chi connectivity index (χ0n) is 27.3. The number of amides is 4. The van der Waals surface area contributed by atoms with Crippen molar-refractivity contribution in [3.8, 4) is 0 Å². The van der Waals surface area contributed by atoms with Gasteiger partial charge in [0, 0.05) is 50.0 Å². The van der Waals surface area contributed by atoms with Crippen molar-refractivity contribution in [2.75, 3.05) is 20.1 Å². The lowest BCUT2D eigenvalue weighted by Crippen LogP contribution is -2.64. The molecule has 0 unspecified atom stereocenters. The first-order valence-corrected chi connectivity index (χ1v) is 16.0. The van der Waals surface area contributed by atoms with Gasteiger partial charge in [-0.05, 0) is 49.4 Å². The fourth-order valence-electron chi connectivity index (χ4n) is 6.63. The minimum atomic E-state index is -5.08. The van der Waals surface area contributed by atoms with Gasteiger partial charge in [-0.15, -0.1) is 0 Å². The van der Waals surface area contributed by atoms with E-state index in [1.165, 1.54) is 6.92 Å². The van der Waals surface area contributed by atoms with E-state index in [1.54, 1.807) is 16.8 Å². The average Bonchev–Trinajstić information content (AvgIpc) is 3.58. The summed E-state index contributed by atoms with van der Waals surface area (Å²) in [6.07, 6.45) is -2.12. The number of hydrogen-bond donors (Lipinski definition) is 5. The lowest BCUT2D eigenvalue weighted by molar-refractivity contribution is -0.192. The SMILES string of the molecule is CNC(=O)[C@H](CCCCN)N1CC[C@@]2(Cc3c([nH]c4ccccc34)CN2C(=O)[C@H](Cc2ccccc2)NC(C)=O)C1=O.O=C(O)C(F)(F)F. The third-order valence-electron chi connectivity index (χ3n) is 8.95. The summed E-state index contributed by atoms with van der Waals surface area (Å²) in [5.41, 5.74) is 8.28. The zero-order chi connectivity index (χ0) is 35.9. The summed E-state index contributed by atoms with van der Waals surface area (Å²) in [5.74, 6) is -3.84. The molecule has 15 heteroatoms. The van der Waals surface area contributed by atoms with Gasteiger partial charge in [0.2, 0.25) is 23.6 Å². The Bertz CT molecular complexity index is 1680. The number of fused-ring (bicyclic) bond motifs is 3. The quantitative estimate of drug-likeness (QED) is 0.204. The molecule has 0 bridgehead atoms. The molecule has 264 valence electrons. The standard InChI is InChI=1S/C32H40N6O4.C2HF3O2/c1-21(39)35-26(18-22-10-4-3-5-11-22)30(41)38-20-27-24(23-12-6-7-13-25(23)36-27)19-32(38)15-17-37(31(32)42)28(29(40)34-2)14-8-9-16-33;3-2(4,5)1(6)7/h3-7,10-13,26,28,36H,8-9,14-20,33H2,1-2H3,(H,34,40)(H,35,39);(H,6,7)/t26-,28-,32+;/m0./s1. The first-order chi connectivity index (χ1) is 23.2. The highest BCUT2D eigenvalue weighted by atomic mass is 19.4. The van der Waals surface area contributed by atoms with Gasteiger partial charge < -0.3 is 36.3 Å². The fraction of sp³-hybridized carbons (Fsp3) is 0.441. The van der Waals surface area contributed by atoms with Crippen molar-refractivity contribution >= 4 is 40.5 Å². The molecule has 2 aromatic carbocycles. The maximum absolute atomic E-state index is 14.6. The Kier molecular flexibility index (Phi) is 11.7. The van der Waals surface area contributed by atoms with E-state index in [-0.39, 0.29) is 30.2 Å². The van der Waals surface area contributed by atoms with E-state index >= 15 is 0 Å². The number of aromatic nitrogens is 1. The maximum atomic E-state index is 14.6. The van der Waals surface area contributed by atoms with Gasteiger partial charge in [0.05, 0.1) is 6.54 Å². The Morgan fingerprint density at radius 1 is 1.06 bits per heavy atom. The molecule has 49 heavy (non-hydrogen) atoms. The summed E-state index contributed by atoms with van der Waals surface area (Å²) in [7, 11) is 1.57. The maximum Gasteiger partial charge on any atom is 0.490 e. The predicted molar refractivity (Wildman–Crippen MR) is 174 cm³/mol. The summed E-state index contributed by atoms with van der Waals surface area (Å²) >= 11 is 0. The molecule has 6 N–H and O–H groups in total. The van der Waals surface area contributed by atoms with Crippen LogP contribution < -0.4 is 16.4 Å². The summed E-state index contributed by atoms with van der Waals surface area (Å²) < 4.78 is 31.7. The number of carboxylic acid groups (broad SMARTS) is 1. The van der Waals surface area contributed by atoms with Gasteiger partial charge in [0.15, 0.2) is 0 Å². The number of aliphatic carboxylic acids is 1. The van der Waals surface area contributed by atoms with Crippen LogP contribution in [0.25, 0.3) is 10.9 Å². The lowest BCUT2D eigenvalue weighted by atomic mass is 9.81. The van der Waals surface area contributed by atoms with Crippen molar-refractivity contribution in [1.82, 2.24) is 25.4 Å². The topological polar surface area (TPSA) is 178 Å². The van der Waals surface area contributed by atoms with Crippen LogP contribution in [0, 0.1) is 0 Å². The number of benzene rings is 2. The van der Waals surface area contributed by atoms with E-state index in [9.17, 15) is 32.3 Å². The van der Waals surface area contributed by atoms with E-state index in [1.807, 2.05) is 54.6 Å². The van der Waals surface area contributed by atoms with Crippen LogP contribution in [-0.4, -0.2) is 93.4 Å². The molecule has 1 spiro atoms. The van der Waals surface area contributed by atoms with Crippen LogP contribution in [0.2, 0.25) is 0 Å². The third kappa shape index (κ3) is 8.21. The number of nitrogens with zero attached hydrogens (tertiary/aromatic N) is 2. The van der Waals surface area contributed by atoms with Gasteiger partial charge in [-0.2, -0.15) is 13.2 Å². The second-order valence-corrected chi connectivity index (χ2v) is 12.2. The molecule has 3 heterocycles. The molecular weight excluding hydrogens is 645 g/mol. The van der Waals surface area contributed by atoms with Gasteiger partial charge in [-0.1, -0.05) is 48.5 Å². The second kappa shape index (κ2) is 15.5. The van der Waals surface area contributed by atoms with Crippen LogP contribution in [-0.2, 0) is 43.4 Å². The molecule has 3 atom stereocenters. The number of alkyl halides is 3. The number of halogens is 3. The van der Waals surface area contributed by atoms with Crippen LogP contribution in [0.3, 0.4) is 0 Å². The molecule has 2 aliphatic rings. The molecule has 2 aliphatic heterocycles. The van der Waals surface area contributed by atoms with Crippen LogP contribution in [0.1, 0.15) is 49.4 Å². The number of rotatable bonds is 10. The highest BCUT2D eigenvalue weighted by Crippen LogP contribution is 2.42. The second-order valence-electron chi connectivity index (χ2n) is 12.2. The summed E-state index contributed by atoms with van der Waals surface area (Å²) in [4.78, 5) is 70.1. The van der Waals surface area contributed by atoms with Crippen LogP contribution >= 0.6 is 0 Å². The predicted octanol–water partition coefficient (Wildman–Crippen LogP) is 2.65. The first-order valence-electron chi connectivity index (χ1n) is 16.0. The van der Waals surface area contributed by atoms with E-state index in [4.69, 9.17) is 15.6 Å². The summed E-state index contributed by atoms with van der Waals surface area (Å²) in [6.45, 7) is 2.45. The minimum absolute atomic E-state index is 0.200. The number of likely N-dealkylation sites (tertiary alicyclic amines) is 1. The number of aromatic amines is 1. The molecule has 0 saturated carbocycles. The largest absolute Gasteiger partial charge is 0.490 e. The van der Waals surface area contributed by atoms with Gasteiger partial charge in [-0.3, -0.25) is 19.2 Å². The smallest absolute Gasteiger partial charge is 0.475 e. The highest BCUT2D eigenvalue weighted by Gasteiger charge is 2.57. The Hall–Kier alpha value is -4.92. The number of hydrogen-bond acceptors (Lipinski definition) is 6. The van der Waals surface area contributed by atoms with Crippen LogP contribution in [0.5, 0.6) is 0 Å². The van der Waals surface area contributed by atoms with Crippen LogP contribution in [0.15, 0.2) is 54.6 Å². The van der Waals surface area contributed by atoms with E-state index in [2.05, 4.69) is 15.6 Å². The van der Waals surface area contributed by atoms with Gasteiger partial charge in [0.1, 0.15) is 17.6 Å². The Morgan fingerprint density at radius 3 is 2.33 bits per heavy atom. The van der Waals surface area contributed by atoms with Crippen molar-refractivity contribution in [3.63, 3.8) is 0 Å². The number of carboxylic acids is 1. The molecule has 5 rings (SSSR count). The summed E-state index contributed by atoms with van der Waals surface area (Å²) in [6, 6.07) is 16.0. The number of unbranched alkanes of at least 4 members (excludes halogenated alkanes) is 1. The Balaban J connectivity index is 0.000000698. The first kappa shape index (κ1) is 36.9. The fourth-order valence-corrected chi connectivity index (χ4v) is 6.63. The monoisotopic (exact) mass is 686 g/mol. The molecular formula is C34H41F3N6O6. The van der Waals surface area contributed by atoms with Gasteiger partial charge in [-0.25, -0.2) is 4.79 Å². The molecule has 12 nitrogen and oxygen atoms in total. The molecule has 0 aliphatic carbocycles. The highest BCUT2D eigenvalue weighted by molar-refractivity contribution is 6.00. The van der Waals surface area contributed by atoms with E-state index in [0.29, 0.717) is 45.2 Å². The molecule has 3 aromatic rings. The number of nitrogens with one attached hydrogen (secondary N) is 3.